The summed E-state index contributed by atoms with van der Waals surface area (Å²) in [4.78, 5) is 2.62. The van der Waals surface area contributed by atoms with Crippen molar-refractivity contribution in [2.75, 3.05) is 32.7 Å². The predicted octanol–water partition coefficient (Wildman–Crippen LogP) is 0.901. The lowest BCUT2D eigenvalue weighted by atomic mass is 9.99. The summed E-state index contributed by atoms with van der Waals surface area (Å²) in [5, 5.41) is 3.49. The Morgan fingerprint density at radius 1 is 1.40 bits per heavy atom. The van der Waals surface area contributed by atoms with Crippen LogP contribution in [0.15, 0.2) is 0 Å². The highest BCUT2D eigenvalue weighted by Gasteiger charge is 2.23. The highest BCUT2D eigenvalue weighted by molar-refractivity contribution is 4.81. The van der Waals surface area contributed by atoms with Gasteiger partial charge in [0.2, 0.25) is 0 Å². The molecule has 3 heteroatoms. The summed E-state index contributed by atoms with van der Waals surface area (Å²) < 4.78 is 0. The van der Waals surface area contributed by atoms with Gasteiger partial charge in [-0.1, -0.05) is 20.8 Å². The first-order valence-electron chi connectivity index (χ1n) is 6.28. The zero-order valence-corrected chi connectivity index (χ0v) is 10.5. The van der Waals surface area contributed by atoms with Crippen molar-refractivity contribution in [1.29, 1.82) is 0 Å². The summed E-state index contributed by atoms with van der Waals surface area (Å²) >= 11 is 0. The van der Waals surface area contributed by atoms with Crippen LogP contribution < -0.4 is 11.1 Å². The van der Waals surface area contributed by atoms with Crippen LogP contribution >= 0.6 is 0 Å². The van der Waals surface area contributed by atoms with Crippen LogP contribution in [0.3, 0.4) is 0 Å². The van der Waals surface area contributed by atoms with Crippen molar-refractivity contribution in [1.82, 2.24) is 10.2 Å². The van der Waals surface area contributed by atoms with Gasteiger partial charge in [0.05, 0.1) is 0 Å². The Morgan fingerprint density at radius 2 is 2.13 bits per heavy atom. The van der Waals surface area contributed by atoms with Crippen molar-refractivity contribution in [2.45, 2.75) is 33.2 Å². The minimum atomic E-state index is 0.623. The van der Waals surface area contributed by atoms with E-state index in [1.165, 1.54) is 13.0 Å². The fourth-order valence-electron chi connectivity index (χ4n) is 2.29. The predicted molar refractivity (Wildman–Crippen MR) is 65.9 cm³/mol. The smallest absolute Gasteiger partial charge is 0.0223 e. The summed E-state index contributed by atoms with van der Waals surface area (Å²) in [6, 6.07) is 0.716. The first-order valence-corrected chi connectivity index (χ1v) is 6.28. The summed E-state index contributed by atoms with van der Waals surface area (Å²) in [5.74, 6) is 1.41. The van der Waals surface area contributed by atoms with E-state index in [0.29, 0.717) is 12.0 Å². The molecule has 0 spiro atoms. The van der Waals surface area contributed by atoms with Crippen molar-refractivity contribution in [3.63, 3.8) is 0 Å². The molecule has 1 heterocycles. The molecule has 1 aliphatic rings. The van der Waals surface area contributed by atoms with Gasteiger partial charge in [0.1, 0.15) is 0 Å². The van der Waals surface area contributed by atoms with Gasteiger partial charge in [-0.25, -0.2) is 0 Å². The zero-order chi connectivity index (χ0) is 11.3. The molecule has 0 aromatic heterocycles. The maximum atomic E-state index is 5.69. The Kier molecular flexibility index (Phi) is 5.58. The Bertz CT molecular complexity index is 170. The molecule has 1 saturated heterocycles. The van der Waals surface area contributed by atoms with Gasteiger partial charge in [-0.15, -0.1) is 0 Å². The van der Waals surface area contributed by atoms with Gasteiger partial charge in [0, 0.05) is 32.2 Å². The van der Waals surface area contributed by atoms with E-state index in [2.05, 4.69) is 31.0 Å². The van der Waals surface area contributed by atoms with Gasteiger partial charge in [0.25, 0.3) is 0 Å². The number of nitrogens with one attached hydrogen (secondary N) is 1. The van der Waals surface area contributed by atoms with Crippen molar-refractivity contribution >= 4 is 0 Å². The van der Waals surface area contributed by atoms with Crippen molar-refractivity contribution in [2.24, 2.45) is 17.6 Å². The highest BCUT2D eigenvalue weighted by Crippen LogP contribution is 2.14. The van der Waals surface area contributed by atoms with Crippen molar-refractivity contribution in [3.8, 4) is 0 Å². The lowest BCUT2D eigenvalue weighted by molar-refractivity contribution is 0.125. The topological polar surface area (TPSA) is 41.3 Å². The average molecular weight is 213 g/mol. The summed E-state index contributed by atoms with van der Waals surface area (Å²) in [6.07, 6.45) is 1.30. The largest absolute Gasteiger partial charge is 0.330 e. The Labute approximate surface area is 94.4 Å². The van der Waals surface area contributed by atoms with Gasteiger partial charge in [-0.3, -0.25) is 4.90 Å². The number of nitrogens with two attached hydrogens (primary N) is 1. The van der Waals surface area contributed by atoms with Crippen LogP contribution in [-0.4, -0.2) is 43.7 Å². The van der Waals surface area contributed by atoms with Crippen LogP contribution in [0.4, 0.5) is 0 Å². The molecule has 90 valence electrons. The van der Waals surface area contributed by atoms with Crippen molar-refractivity contribution < 1.29 is 0 Å². The standard InChI is InChI=1S/C12H27N3/c1-10(2)6-12-8-14-4-5-15(12)9-11(3)7-13/h10-12,14H,4-9,13H2,1-3H3. The summed E-state index contributed by atoms with van der Waals surface area (Å²) in [7, 11) is 0. The molecule has 0 aliphatic carbocycles. The van der Waals surface area contributed by atoms with E-state index in [1.807, 2.05) is 0 Å². The molecule has 3 nitrogen and oxygen atoms in total. The van der Waals surface area contributed by atoms with Crippen LogP contribution in [0.25, 0.3) is 0 Å². The van der Waals surface area contributed by atoms with E-state index in [9.17, 15) is 0 Å². The fourth-order valence-corrected chi connectivity index (χ4v) is 2.29. The normalized spacial score (nSPS) is 25.8. The number of piperazine rings is 1. The molecule has 15 heavy (non-hydrogen) atoms. The maximum Gasteiger partial charge on any atom is 0.0223 e. The lowest BCUT2D eigenvalue weighted by Gasteiger charge is -2.38. The number of nitrogens with zero attached hydrogens (tertiary/aromatic N) is 1. The molecular formula is C12H27N3. The number of hydrogen-bond donors (Lipinski definition) is 2. The molecule has 1 rings (SSSR count). The third-order valence-electron chi connectivity index (χ3n) is 3.16. The van der Waals surface area contributed by atoms with Gasteiger partial charge in [-0.2, -0.15) is 0 Å². The minimum absolute atomic E-state index is 0.623. The lowest BCUT2D eigenvalue weighted by Crippen LogP contribution is -2.53. The Balaban J connectivity index is 2.42. The van der Waals surface area contributed by atoms with Crippen LogP contribution in [0.2, 0.25) is 0 Å². The number of hydrogen-bond acceptors (Lipinski definition) is 3. The maximum absolute atomic E-state index is 5.69. The molecular weight excluding hydrogens is 186 g/mol. The Hall–Kier alpha value is -0.120. The third kappa shape index (κ3) is 4.49. The van der Waals surface area contributed by atoms with Crippen LogP contribution in [0.5, 0.6) is 0 Å². The second-order valence-corrected chi connectivity index (χ2v) is 5.32. The highest BCUT2D eigenvalue weighted by atomic mass is 15.2. The van der Waals surface area contributed by atoms with E-state index in [0.717, 1.165) is 32.1 Å². The van der Waals surface area contributed by atoms with E-state index in [4.69, 9.17) is 5.73 Å². The first kappa shape index (κ1) is 12.9. The van der Waals surface area contributed by atoms with Gasteiger partial charge in [-0.05, 0) is 24.8 Å². The molecule has 2 atom stereocenters. The van der Waals surface area contributed by atoms with E-state index < -0.39 is 0 Å². The SMILES string of the molecule is CC(C)CC1CNCCN1CC(C)CN. The molecule has 0 aromatic carbocycles. The molecule has 0 amide bonds. The second kappa shape index (κ2) is 6.46. The van der Waals surface area contributed by atoms with Gasteiger partial charge < -0.3 is 11.1 Å². The summed E-state index contributed by atoms with van der Waals surface area (Å²) in [6.45, 7) is 12.3. The minimum Gasteiger partial charge on any atom is -0.330 e. The van der Waals surface area contributed by atoms with E-state index in [-0.39, 0.29) is 0 Å². The quantitative estimate of drug-likeness (QED) is 0.713. The molecule has 1 fully saturated rings. The van der Waals surface area contributed by atoms with Crippen LogP contribution in [0.1, 0.15) is 27.2 Å². The molecule has 1 aliphatic heterocycles. The van der Waals surface area contributed by atoms with E-state index >= 15 is 0 Å². The van der Waals surface area contributed by atoms with E-state index in [1.54, 1.807) is 0 Å². The molecule has 2 unspecified atom stereocenters. The second-order valence-electron chi connectivity index (χ2n) is 5.32. The van der Waals surface area contributed by atoms with Crippen LogP contribution in [-0.2, 0) is 0 Å². The zero-order valence-electron chi connectivity index (χ0n) is 10.5. The van der Waals surface area contributed by atoms with Crippen LogP contribution in [0, 0.1) is 11.8 Å². The van der Waals surface area contributed by atoms with Gasteiger partial charge >= 0.3 is 0 Å². The molecule has 0 aromatic rings. The Morgan fingerprint density at radius 3 is 2.73 bits per heavy atom. The molecule has 0 saturated carbocycles. The molecule has 0 radical (unpaired) electrons. The third-order valence-corrected chi connectivity index (χ3v) is 3.16. The molecule has 0 bridgehead atoms. The first-order chi connectivity index (χ1) is 7.13. The van der Waals surface area contributed by atoms with Gasteiger partial charge in [0.15, 0.2) is 0 Å². The molecule has 3 N–H and O–H groups in total. The fraction of sp³-hybridized carbons (Fsp3) is 1.00. The number of rotatable bonds is 5. The van der Waals surface area contributed by atoms with Crippen molar-refractivity contribution in [3.05, 3.63) is 0 Å². The average Bonchev–Trinajstić information content (AvgIpc) is 2.20. The monoisotopic (exact) mass is 213 g/mol. The summed E-state index contributed by atoms with van der Waals surface area (Å²) in [5.41, 5.74) is 5.69.